The third-order valence-electron chi connectivity index (χ3n) is 2.12. The molecule has 0 aliphatic carbocycles. The highest BCUT2D eigenvalue weighted by atomic mass is 16.5. The first-order chi connectivity index (χ1) is 5.94. The van der Waals surface area contributed by atoms with Crippen LogP contribution in [0.5, 0.6) is 0 Å². The van der Waals surface area contributed by atoms with Gasteiger partial charge >= 0.3 is 0 Å². The molecule has 1 fully saturated rings. The van der Waals surface area contributed by atoms with Crippen molar-refractivity contribution >= 4 is 5.96 Å². The molecule has 0 aromatic heterocycles. The van der Waals surface area contributed by atoms with Crippen LogP contribution in [-0.4, -0.2) is 42.7 Å². The van der Waals surface area contributed by atoms with Gasteiger partial charge in [0.25, 0.3) is 0 Å². The van der Waals surface area contributed by atoms with Crippen molar-refractivity contribution in [3.63, 3.8) is 0 Å². The van der Waals surface area contributed by atoms with Crippen molar-refractivity contribution in [2.45, 2.75) is 32.5 Å². The van der Waals surface area contributed by atoms with Crippen LogP contribution in [0.4, 0.5) is 0 Å². The van der Waals surface area contributed by atoms with Crippen LogP contribution in [0.3, 0.4) is 0 Å². The van der Waals surface area contributed by atoms with Crippen LogP contribution in [0.1, 0.15) is 20.8 Å². The monoisotopic (exact) mass is 185 g/mol. The number of rotatable bonds is 0. The number of hydrogen-bond acceptors (Lipinski definition) is 2. The maximum Gasteiger partial charge on any atom is 0.191 e. The van der Waals surface area contributed by atoms with Crippen molar-refractivity contribution < 1.29 is 4.74 Å². The molecule has 0 bridgehead atoms. The molecule has 1 heterocycles. The summed E-state index contributed by atoms with van der Waals surface area (Å²) >= 11 is 0. The number of ether oxygens (including phenoxy) is 1. The highest BCUT2D eigenvalue weighted by Crippen LogP contribution is 2.20. The average Bonchev–Trinajstić information content (AvgIpc) is 1.99. The van der Waals surface area contributed by atoms with Gasteiger partial charge in [0.15, 0.2) is 5.96 Å². The largest absolute Gasteiger partial charge is 0.370 e. The van der Waals surface area contributed by atoms with Crippen molar-refractivity contribution in [1.29, 1.82) is 0 Å². The molecular weight excluding hydrogens is 166 g/mol. The number of nitrogens with two attached hydrogens (primary N) is 1. The van der Waals surface area contributed by atoms with Crippen LogP contribution in [0, 0.1) is 0 Å². The lowest BCUT2D eigenvalue weighted by Gasteiger charge is -2.42. The molecule has 1 unspecified atom stereocenters. The molecule has 13 heavy (non-hydrogen) atoms. The Morgan fingerprint density at radius 3 is 2.69 bits per heavy atom. The zero-order valence-corrected chi connectivity index (χ0v) is 8.87. The third-order valence-corrected chi connectivity index (χ3v) is 2.12. The van der Waals surface area contributed by atoms with Crippen molar-refractivity contribution in [2.24, 2.45) is 10.7 Å². The second-order valence-corrected chi connectivity index (χ2v) is 4.15. The summed E-state index contributed by atoms with van der Waals surface area (Å²) in [5, 5.41) is 0. The Morgan fingerprint density at radius 1 is 1.62 bits per heavy atom. The standard InChI is InChI=1S/C9H19N3O/c1-7-5-12(8(10)11-4)6-9(2,3)13-7/h7H,5-6H2,1-4H3,(H2,10,11). The fourth-order valence-electron chi connectivity index (χ4n) is 1.77. The van der Waals surface area contributed by atoms with E-state index < -0.39 is 0 Å². The Labute approximate surface area is 79.8 Å². The van der Waals surface area contributed by atoms with E-state index in [1.807, 2.05) is 0 Å². The summed E-state index contributed by atoms with van der Waals surface area (Å²) < 4.78 is 5.75. The quantitative estimate of drug-likeness (QED) is 0.440. The molecular formula is C9H19N3O. The number of guanidine groups is 1. The molecule has 4 nitrogen and oxygen atoms in total. The van der Waals surface area contributed by atoms with Crippen LogP contribution in [0.2, 0.25) is 0 Å². The molecule has 2 N–H and O–H groups in total. The first-order valence-electron chi connectivity index (χ1n) is 4.59. The molecule has 1 aliphatic rings. The molecule has 76 valence electrons. The van der Waals surface area contributed by atoms with E-state index in [4.69, 9.17) is 10.5 Å². The predicted molar refractivity (Wildman–Crippen MR) is 53.7 cm³/mol. The topological polar surface area (TPSA) is 50.8 Å². The van der Waals surface area contributed by atoms with Gasteiger partial charge in [-0.05, 0) is 20.8 Å². The van der Waals surface area contributed by atoms with Gasteiger partial charge in [-0.3, -0.25) is 4.99 Å². The Bertz CT molecular complexity index is 213. The predicted octanol–water partition coefficient (Wildman–Crippen LogP) is 0.430. The number of nitrogens with zero attached hydrogens (tertiary/aromatic N) is 2. The molecule has 0 saturated carbocycles. The molecule has 1 saturated heterocycles. The smallest absolute Gasteiger partial charge is 0.191 e. The lowest BCUT2D eigenvalue weighted by atomic mass is 10.1. The zero-order chi connectivity index (χ0) is 10.1. The number of morpholine rings is 1. The lowest BCUT2D eigenvalue weighted by Crippen LogP contribution is -2.55. The van der Waals surface area contributed by atoms with Gasteiger partial charge in [0.05, 0.1) is 11.7 Å². The van der Waals surface area contributed by atoms with E-state index in [2.05, 4.69) is 30.7 Å². The molecule has 4 heteroatoms. The van der Waals surface area contributed by atoms with Crippen molar-refractivity contribution in [3.8, 4) is 0 Å². The van der Waals surface area contributed by atoms with E-state index in [1.165, 1.54) is 0 Å². The summed E-state index contributed by atoms with van der Waals surface area (Å²) in [7, 11) is 1.71. The van der Waals surface area contributed by atoms with Crippen LogP contribution in [-0.2, 0) is 4.74 Å². The molecule has 0 spiro atoms. The molecule has 1 atom stereocenters. The minimum Gasteiger partial charge on any atom is -0.370 e. The van der Waals surface area contributed by atoms with Crippen molar-refractivity contribution in [1.82, 2.24) is 4.90 Å². The maximum atomic E-state index is 5.75. The zero-order valence-electron chi connectivity index (χ0n) is 8.87. The maximum absolute atomic E-state index is 5.75. The first kappa shape index (κ1) is 10.3. The van der Waals surface area contributed by atoms with E-state index >= 15 is 0 Å². The van der Waals surface area contributed by atoms with E-state index in [-0.39, 0.29) is 11.7 Å². The summed E-state index contributed by atoms with van der Waals surface area (Å²) in [4.78, 5) is 6.04. The van der Waals surface area contributed by atoms with Crippen molar-refractivity contribution in [3.05, 3.63) is 0 Å². The van der Waals surface area contributed by atoms with E-state index in [0.29, 0.717) is 5.96 Å². The van der Waals surface area contributed by atoms with Gasteiger partial charge in [0.1, 0.15) is 0 Å². The molecule has 0 radical (unpaired) electrons. The summed E-state index contributed by atoms with van der Waals surface area (Å²) in [6.45, 7) is 7.82. The number of hydrogen-bond donors (Lipinski definition) is 1. The van der Waals surface area contributed by atoms with Gasteiger partial charge in [-0.25, -0.2) is 0 Å². The van der Waals surface area contributed by atoms with Crippen LogP contribution < -0.4 is 5.73 Å². The fraction of sp³-hybridized carbons (Fsp3) is 0.889. The van der Waals surface area contributed by atoms with Gasteiger partial charge in [-0.2, -0.15) is 0 Å². The molecule has 1 aliphatic heterocycles. The number of aliphatic imine (C=N–C) groups is 1. The van der Waals surface area contributed by atoms with Gasteiger partial charge < -0.3 is 15.4 Å². The van der Waals surface area contributed by atoms with Gasteiger partial charge in [-0.15, -0.1) is 0 Å². The average molecular weight is 185 g/mol. The molecule has 0 aromatic rings. The highest BCUT2D eigenvalue weighted by molar-refractivity contribution is 5.78. The van der Waals surface area contributed by atoms with Gasteiger partial charge in [0, 0.05) is 20.1 Å². The van der Waals surface area contributed by atoms with Crippen LogP contribution in [0.15, 0.2) is 4.99 Å². The Hall–Kier alpha value is -0.770. The van der Waals surface area contributed by atoms with Crippen molar-refractivity contribution in [2.75, 3.05) is 20.1 Å². The van der Waals surface area contributed by atoms with E-state index in [0.717, 1.165) is 13.1 Å². The SMILES string of the molecule is CN=C(N)N1CC(C)OC(C)(C)C1. The Kier molecular flexibility index (Phi) is 2.81. The Balaban J connectivity index is 2.68. The lowest BCUT2D eigenvalue weighted by molar-refractivity contribution is -0.113. The summed E-state index contributed by atoms with van der Waals surface area (Å²) in [5.41, 5.74) is 5.62. The summed E-state index contributed by atoms with van der Waals surface area (Å²) in [5.74, 6) is 0.600. The minimum atomic E-state index is -0.132. The summed E-state index contributed by atoms with van der Waals surface area (Å²) in [6, 6.07) is 0. The molecule has 1 rings (SSSR count). The Morgan fingerprint density at radius 2 is 2.23 bits per heavy atom. The highest BCUT2D eigenvalue weighted by Gasteiger charge is 2.31. The van der Waals surface area contributed by atoms with Gasteiger partial charge in [0.2, 0.25) is 0 Å². The molecule has 0 amide bonds. The van der Waals surface area contributed by atoms with Crippen LogP contribution in [0.25, 0.3) is 0 Å². The third kappa shape index (κ3) is 2.59. The van der Waals surface area contributed by atoms with E-state index in [9.17, 15) is 0 Å². The van der Waals surface area contributed by atoms with Gasteiger partial charge in [-0.1, -0.05) is 0 Å². The normalized spacial score (nSPS) is 29.1. The second kappa shape index (κ2) is 3.54. The van der Waals surface area contributed by atoms with E-state index in [1.54, 1.807) is 7.05 Å². The molecule has 0 aromatic carbocycles. The second-order valence-electron chi connectivity index (χ2n) is 4.15. The minimum absolute atomic E-state index is 0.132. The summed E-state index contributed by atoms with van der Waals surface area (Å²) in [6.07, 6.45) is 0.212. The fourth-order valence-corrected chi connectivity index (χ4v) is 1.77. The van der Waals surface area contributed by atoms with Crippen LogP contribution >= 0.6 is 0 Å². The first-order valence-corrected chi connectivity index (χ1v) is 4.59.